The van der Waals surface area contributed by atoms with Crippen molar-refractivity contribution >= 4 is 0 Å². The van der Waals surface area contributed by atoms with Gasteiger partial charge in [0.05, 0.1) is 25.5 Å². The second kappa shape index (κ2) is 6.20. The highest BCUT2D eigenvalue weighted by Crippen LogP contribution is 2.06. The zero-order valence-corrected chi connectivity index (χ0v) is 9.62. The summed E-state index contributed by atoms with van der Waals surface area (Å²) in [6, 6.07) is 5.82. The number of rotatable bonds is 4. The molecule has 90 valence electrons. The maximum absolute atomic E-state index is 8.27. The fraction of sp³-hybridized carbons (Fsp3) is 0.545. The Bertz CT molecular complexity index is 410. The van der Waals surface area contributed by atoms with Gasteiger partial charge in [-0.3, -0.25) is 9.88 Å². The monoisotopic (exact) mass is 233 g/mol. The number of hydrogen-bond donors (Lipinski definition) is 0. The molecule has 0 bridgehead atoms. The van der Waals surface area contributed by atoms with Gasteiger partial charge in [0.2, 0.25) is 0 Å². The number of nitrogens with zero attached hydrogens (tertiary/aromatic N) is 5. The average molecular weight is 233 g/mol. The van der Waals surface area contributed by atoms with Gasteiger partial charge in [0.15, 0.2) is 0 Å². The van der Waals surface area contributed by atoms with Gasteiger partial charge in [-0.05, 0) is 17.7 Å². The molecule has 2 rings (SSSR count). The topological polar surface area (TPSA) is 74.1 Å². The van der Waals surface area contributed by atoms with Crippen LogP contribution in [0.5, 0.6) is 0 Å². The molecule has 0 spiro atoms. The fourth-order valence-electron chi connectivity index (χ4n) is 1.80. The summed E-state index contributed by atoms with van der Waals surface area (Å²) in [6.45, 7) is 4.61. The van der Waals surface area contributed by atoms with Crippen LogP contribution >= 0.6 is 0 Å². The highest BCUT2D eigenvalue weighted by molar-refractivity contribution is 5.11. The first-order valence-corrected chi connectivity index (χ1v) is 5.64. The Hall–Kier alpha value is -1.62. The molecule has 6 heteroatoms. The highest BCUT2D eigenvalue weighted by Gasteiger charge is 2.11. The fourth-order valence-corrected chi connectivity index (χ4v) is 1.80. The van der Waals surface area contributed by atoms with Gasteiger partial charge in [-0.1, -0.05) is 11.2 Å². The molecular weight excluding hydrogens is 218 g/mol. The number of hydrogen-bond acceptors (Lipinski definition) is 4. The molecule has 0 atom stereocenters. The van der Waals surface area contributed by atoms with Gasteiger partial charge in [0.1, 0.15) is 0 Å². The third kappa shape index (κ3) is 3.71. The zero-order valence-electron chi connectivity index (χ0n) is 9.62. The Morgan fingerprint density at radius 2 is 2.12 bits per heavy atom. The number of morpholine rings is 1. The minimum absolute atomic E-state index is 0.313. The van der Waals surface area contributed by atoms with Gasteiger partial charge in [0, 0.05) is 30.2 Å². The molecule has 1 aliphatic rings. The standard InChI is InChI=1S/C11H15N5O/c12-15-13-8-10-2-1-3-11(14-10)9-16-4-6-17-7-5-16/h1-3H,4-9H2. The Kier molecular flexibility index (Phi) is 4.32. The van der Waals surface area contributed by atoms with Crippen LogP contribution in [0.3, 0.4) is 0 Å². The largest absolute Gasteiger partial charge is 0.379 e. The molecule has 0 aliphatic carbocycles. The molecule has 1 aromatic heterocycles. The number of pyridine rings is 1. The van der Waals surface area contributed by atoms with Crippen LogP contribution in [0.4, 0.5) is 0 Å². The van der Waals surface area contributed by atoms with Crippen molar-refractivity contribution in [3.8, 4) is 0 Å². The van der Waals surface area contributed by atoms with Crippen LogP contribution < -0.4 is 0 Å². The summed E-state index contributed by atoms with van der Waals surface area (Å²) >= 11 is 0. The van der Waals surface area contributed by atoms with Crippen molar-refractivity contribution in [3.63, 3.8) is 0 Å². The molecule has 0 N–H and O–H groups in total. The van der Waals surface area contributed by atoms with Crippen molar-refractivity contribution in [1.82, 2.24) is 9.88 Å². The summed E-state index contributed by atoms with van der Waals surface area (Å²) in [5.41, 5.74) is 10.1. The lowest BCUT2D eigenvalue weighted by Crippen LogP contribution is -2.35. The minimum Gasteiger partial charge on any atom is -0.379 e. The predicted octanol–water partition coefficient (Wildman–Crippen LogP) is 1.72. The second-order valence-electron chi connectivity index (χ2n) is 3.90. The summed E-state index contributed by atoms with van der Waals surface area (Å²) in [4.78, 5) is 9.50. The molecule has 1 fully saturated rings. The third-order valence-corrected chi connectivity index (χ3v) is 2.65. The van der Waals surface area contributed by atoms with Crippen LogP contribution in [0.15, 0.2) is 23.3 Å². The van der Waals surface area contributed by atoms with E-state index in [0.717, 1.165) is 44.2 Å². The first-order valence-electron chi connectivity index (χ1n) is 5.64. The Balaban J connectivity index is 1.97. The van der Waals surface area contributed by atoms with Gasteiger partial charge >= 0.3 is 0 Å². The summed E-state index contributed by atoms with van der Waals surface area (Å²) in [5.74, 6) is 0. The molecule has 0 radical (unpaired) electrons. The van der Waals surface area contributed by atoms with Gasteiger partial charge < -0.3 is 4.74 Å². The first-order chi connectivity index (χ1) is 8.38. The molecule has 0 amide bonds. The summed E-state index contributed by atoms with van der Waals surface area (Å²) < 4.78 is 5.30. The normalized spacial score (nSPS) is 16.5. The number of ether oxygens (including phenoxy) is 1. The third-order valence-electron chi connectivity index (χ3n) is 2.65. The lowest BCUT2D eigenvalue weighted by Gasteiger charge is -2.26. The van der Waals surface area contributed by atoms with Gasteiger partial charge in [-0.25, -0.2) is 0 Å². The van der Waals surface area contributed by atoms with E-state index in [1.165, 1.54) is 0 Å². The lowest BCUT2D eigenvalue weighted by molar-refractivity contribution is 0.0336. The van der Waals surface area contributed by atoms with Crippen LogP contribution in [0.2, 0.25) is 0 Å². The van der Waals surface area contributed by atoms with Crippen molar-refractivity contribution in [3.05, 3.63) is 40.0 Å². The summed E-state index contributed by atoms with van der Waals surface area (Å²) in [7, 11) is 0. The van der Waals surface area contributed by atoms with Crippen LogP contribution in [0.1, 0.15) is 11.4 Å². The molecule has 0 aromatic carbocycles. The average Bonchev–Trinajstić information content (AvgIpc) is 2.38. The number of azide groups is 1. The Labute approximate surface area is 99.8 Å². The van der Waals surface area contributed by atoms with Crippen LogP contribution in [-0.4, -0.2) is 36.2 Å². The Morgan fingerprint density at radius 3 is 2.88 bits per heavy atom. The molecule has 0 unspecified atom stereocenters. The van der Waals surface area contributed by atoms with Gasteiger partial charge in [0.25, 0.3) is 0 Å². The summed E-state index contributed by atoms with van der Waals surface area (Å²) in [6.07, 6.45) is 0. The highest BCUT2D eigenvalue weighted by atomic mass is 16.5. The van der Waals surface area contributed by atoms with Crippen molar-refractivity contribution < 1.29 is 4.74 Å². The predicted molar refractivity (Wildman–Crippen MR) is 63.2 cm³/mol. The molecule has 1 saturated heterocycles. The van der Waals surface area contributed by atoms with Gasteiger partial charge in [-0.2, -0.15) is 0 Å². The van der Waals surface area contributed by atoms with E-state index >= 15 is 0 Å². The molecular formula is C11H15N5O. The quantitative estimate of drug-likeness (QED) is 0.451. The molecule has 2 heterocycles. The van der Waals surface area contributed by atoms with Crippen molar-refractivity contribution in [2.24, 2.45) is 5.11 Å². The molecule has 1 aromatic rings. The first kappa shape index (κ1) is 11.9. The van der Waals surface area contributed by atoms with E-state index in [1.54, 1.807) is 0 Å². The maximum Gasteiger partial charge on any atom is 0.0684 e. The van der Waals surface area contributed by atoms with Crippen molar-refractivity contribution in [2.45, 2.75) is 13.1 Å². The minimum atomic E-state index is 0.313. The van der Waals surface area contributed by atoms with Crippen molar-refractivity contribution in [2.75, 3.05) is 26.3 Å². The number of aromatic nitrogens is 1. The maximum atomic E-state index is 8.27. The van der Waals surface area contributed by atoms with E-state index in [2.05, 4.69) is 19.9 Å². The smallest absolute Gasteiger partial charge is 0.0684 e. The second-order valence-corrected chi connectivity index (χ2v) is 3.90. The van der Waals surface area contributed by atoms with E-state index < -0.39 is 0 Å². The molecule has 6 nitrogen and oxygen atoms in total. The molecule has 1 aliphatic heterocycles. The van der Waals surface area contributed by atoms with E-state index in [1.807, 2.05) is 18.2 Å². The zero-order chi connectivity index (χ0) is 11.9. The van der Waals surface area contributed by atoms with Gasteiger partial charge in [-0.15, -0.1) is 0 Å². The van der Waals surface area contributed by atoms with E-state index in [9.17, 15) is 0 Å². The molecule has 0 saturated carbocycles. The Morgan fingerprint density at radius 1 is 1.35 bits per heavy atom. The SMILES string of the molecule is [N-]=[N+]=NCc1cccc(CN2CCOCC2)n1. The van der Waals surface area contributed by atoms with Crippen molar-refractivity contribution in [1.29, 1.82) is 0 Å². The van der Waals surface area contributed by atoms with Crippen LogP contribution in [0, 0.1) is 0 Å². The van der Waals surface area contributed by atoms with Crippen LogP contribution in [0.25, 0.3) is 10.4 Å². The van der Waals surface area contributed by atoms with Crippen LogP contribution in [-0.2, 0) is 17.8 Å². The summed E-state index contributed by atoms with van der Waals surface area (Å²) in [5, 5.41) is 3.51. The van der Waals surface area contributed by atoms with E-state index in [4.69, 9.17) is 10.3 Å². The van der Waals surface area contributed by atoms with E-state index in [-0.39, 0.29) is 0 Å². The van der Waals surface area contributed by atoms with E-state index in [0.29, 0.717) is 6.54 Å². The lowest BCUT2D eigenvalue weighted by atomic mass is 10.2. The molecule has 17 heavy (non-hydrogen) atoms.